The number of carbonyl (C=O) groups excluding carboxylic acids is 2. The van der Waals surface area contributed by atoms with Crippen molar-refractivity contribution < 1.29 is 23.8 Å². The van der Waals surface area contributed by atoms with Crippen molar-refractivity contribution in [3.8, 4) is 17.2 Å². The van der Waals surface area contributed by atoms with Crippen molar-refractivity contribution in [2.75, 3.05) is 13.7 Å². The Morgan fingerprint density at radius 3 is 2.50 bits per heavy atom. The number of nitrogens with one attached hydrogen (secondary N) is 1. The zero-order valence-electron chi connectivity index (χ0n) is 16.9. The molecule has 3 rings (SSSR count). The fourth-order valence-corrected chi connectivity index (χ4v) is 2.96. The zero-order valence-corrected chi connectivity index (χ0v) is 18.4. The maximum Gasteiger partial charge on any atom is 0.343 e. The number of hydrogen-bond donors (Lipinski definition) is 1. The summed E-state index contributed by atoms with van der Waals surface area (Å²) in [5, 5.41) is 4.64. The van der Waals surface area contributed by atoms with Crippen molar-refractivity contribution in [2.45, 2.75) is 0 Å². The average Bonchev–Trinajstić information content (AvgIpc) is 2.79. The van der Waals surface area contributed by atoms with Crippen molar-refractivity contribution in [1.29, 1.82) is 0 Å². The Hall–Kier alpha value is -3.55. The minimum atomic E-state index is -0.506. The van der Waals surface area contributed by atoms with Gasteiger partial charge < -0.3 is 14.2 Å². The number of ether oxygens (including phenoxy) is 3. The van der Waals surface area contributed by atoms with Gasteiger partial charge in [-0.1, -0.05) is 35.3 Å². The molecule has 3 aromatic carbocycles. The lowest BCUT2D eigenvalue weighted by Gasteiger charge is -2.07. The summed E-state index contributed by atoms with van der Waals surface area (Å²) in [6.45, 7) is -0.280. The Balaban J connectivity index is 1.52. The van der Waals surface area contributed by atoms with Crippen LogP contribution in [0.4, 0.5) is 0 Å². The van der Waals surface area contributed by atoms with Gasteiger partial charge in [0.2, 0.25) is 0 Å². The van der Waals surface area contributed by atoms with E-state index in [1.807, 2.05) is 0 Å². The van der Waals surface area contributed by atoms with Gasteiger partial charge in [0.1, 0.15) is 17.2 Å². The third kappa shape index (κ3) is 6.73. The summed E-state index contributed by atoms with van der Waals surface area (Å²) in [5.41, 5.74) is 3.35. The Labute approximate surface area is 194 Å². The first-order valence-electron chi connectivity index (χ1n) is 9.30. The molecule has 0 atom stereocenters. The zero-order chi connectivity index (χ0) is 22.9. The van der Waals surface area contributed by atoms with E-state index in [1.165, 1.54) is 12.3 Å². The maximum atomic E-state index is 12.3. The average molecular weight is 473 g/mol. The lowest BCUT2D eigenvalue weighted by atomic mass is 10.2. The number of hydrazone groups is 1. The molecule has 164 valence electrons. The minimum absolute atomic E-state index is 0.280. The molecular weight excluding hydrogens is 455 g/mol. The molecule has 0 aromatic heterocycles. The van der Waals surface area contributed by atoms with Crippen LogP contribution in [0.25, 0.3) is 0 Å². The normalized spacial score (nSPS) is 10.6. The third-order valence-electron chi connectivity index (χ3n) is 4.05. The highest BCUT2D eigenvalue weighted by atomic mass is 35.5. The molecule has 0 heterocycles. The number of halogens is 2. The van der Waals surface area contributed by atoms with Crippen molar-refractivity contribution >= 4 is 41.3 Å². The standard InChI is InChI=1S/C23H18Cl2N2O5/c1-30-18-8-5-16(6-9-18)23(29)32-19-4-2-3-15(11-19)13-26-27-22(28)14-31-21-10-7-17(24)12-20(21)25/h2-13H,14H2,1H3,(H,27,28). The maximum absolute atomic E-state index is 12.3. The topological polar surface area (TPSA) is 86.2 Å². The van der Waals surface area contributed by atoms with Crippen LogP contribution in [0.5, 0.6) is 17.2 Å². The second kappa shape index (κ2) is 11.2. The first-order chi connectivity index (χ1) is 15.4. The number of methoxy groups -OCH3 is 1. The van der Waals surface area contributed by atoms with Crippen molar-refractivity contribution in [2.24, 2.45) is 5.10 Å². The van der Waals surface area contributed by atoms with Crippen LogP contribution in [0.3, 0.4) is 0 Å². The van der Waals surface area contributed by atoms with E-state index >= 15 is 0 Å². The number of hydrogen-bond acceptors (Lipinski definition) is 6. The second-order valence-electron chi connectivity index (χ2n) is 6.35. The van der Waals surface area contributed by atoms with E-state index < -0.39 is 11.9 Å². The number of amides is 1. The van der Waals surface area contributed by atoms with Crippen molar-refractivity contribution in [3.05, 3.63) is 87.9 Å². The third-order valence-corrected chi connectivity index (χ3v) is 4.58. The van der Waals surface area contributed by atoms with Crippen molar-refractivity contribution in [3.63, 3.8) is 0 Å². The summed E-state index contributed by atoms with van der Waals surface area (Å²) in [6.07, 6.45) is 1.41. The van der Waals surface area contributed by atoms with E-state index in [9.17, 15) is 9.59 Å². The SMILES string of the molecule is COc1ccc(C(=O)Oc2cccc(C=NNC(=O)COc3ccc(Cl)cc3Cl)c2)cc1. The Morgan fingerprint density at radius 2 is 1.78 bits per heavy atom. The van der Waals surface area contributed by atoms with Gasteiger partial charge in [-0.25, -0.2) is 10.2 Å². The van der Waals surface area contributed by atoms with Crippen LogP contribution in [0.15, 0.2) is 71.8 Å². The smallest absolute Gasteiger partial charge is 0.343 e. The molecule has 0 saturated heterocycles. The molecule has 0 saturated carbocycles. The van der Waals surface area contributed by atoms with Crippen LogP contribution in [0, 0.1) is 0 Å². The highest BCUT2D eigenvalue weighted by Crippen LogP contribution is 2.27. The van der Waals surface area contributed by atoms with Gasteiger partial charge in [-0.2, -0.15) is 5.10 Å². The van der Waals surface area contributed by atoms with E-state index in [0.717, 1.165) is 0 Å². The molecule has 7 nitrogen and oxygen atoms in total. The number of rotatable bonds is 8. The quantitative estimate of drug-likeness (QED) is 0.221. The predicted octanol–water partition coefficient (Wildman–Crippen LogP) is 4.75. The molecule has 1 N–H and O–H groups in total. The summed E-state index contributed by atoms with van der Waals surface area (Å²) in [6, 6.07) is 18.0. The fourth-order valence-electron chi connectivity index (χ4n) is 2.50. The van der Waals surface area contributed by atoms with Gasteiger partial charge in [-0.05, 0) is 60.2 Å². The first kappa shape index (κ1) is 23.1. The predicted molar refractivity (Wildman–Crippen MR) is 122 cm³/mol. The van der Waals surface area contributed by atoms with Gasteiger partial charge in [0.25, 0.3) is 5.91 Å². The van der Waals surface area contributed by atoms with Gasteiger partial charge >= 0.3 is 5.97 Å². The Bertz CT molecular complexity index is 1130. The highest BCUT2D eigenvalue weighted by molar-refractivity contribution is 6.35. The second-order valence-corrected chi connectivity index (χ2v) is 7.19. The minimum Gasteiger partial charge on any atom is -0.497 e. The highest BCUT2D eigenvalue weighted by Gasteiger charge is 2.09. The molecule has 1 amide bonds. The van der Waals surface area contributed by atoms with E-state index in [4.69, 9.17) is 37.4 Å². The van der Waals surface area contributed by atoms with Crippen LogP contribution < -0.4 is 19.6 Å². The molecular formula is C23H18Cl2N2O5. The summed E-state index contributed by atoms with van der Waals surface area (Å²) >= 11 is 11.8. The lowest BCUT2D eigenvalue weighted by molar-refractivity contribution is -0.123. The number of nitrogens with zero attached hydrogens (tertiary/aromatic N) is 1. The first-order valence-corrected chi connectivity index (χ1v) is 10.1. The van der Waals surface area contributed by atoms with Gasteiger partial charge in [-0.3, -0.25) is 4.79 Å². The Kier molecular flexibility index (Phi) is 8.08. The van der Waals surface area contributed by atoms with Gasteiger partial charge in [-0.15, -0.1) is 0 Å². The van der Waals surface area contributed by atoms with E-state index in [1.54, 1.807) is 67.8 Å². The largest absolute Gasteiger partial charge is 0.497 e. The monoisotopic (exact) mass is 472 g/mol. The van der Waals surface area contributed by atoms with E-state index in [2.05, 4.69) is 10.5 Å². The Morgan fingerprint density at radius 1 is 1.00 bits per heavy atom. The number of benzene rings is 3. The van der Waals surface area contributed by atoms with Crippen LogP contribution in [0.2, 0.25) is 10.0 Å². The molecule has 0 unspecified atom stereocenters. The molecule has 0 aliphatic rings. The molecule has 0 radical (unpaired) electrons. The van der Waals surface area contributed by atoms with Gasteiger partial charge in [0.15, 0.2) is 6.61 Å². The molecule has 0 bridgehead atoms. The molecule has 32 heavy (non-hydrogen) atoms. The van der Waals surface area contributed by atoms with Gasteiger partial charge in [0.05, 0.1) is 23.9 Å². The fraction of sp³-hybridized carbons (Fsp3) is 0.0870. The number of carbonyl (C=O) groups is 2. The summed E-state index contributed by atoms with van der Waals surface area (Å²) in [4.78, 5) is 24.2. The summed E-state index contributed by atoms with van der Waals surface area (Å²) in [7, 11) is 1.55. The van der Waals surface area contributed by atoms with E-state index in [0.29, 0.717) is 38.4 Å². The lowest BCUT2D eigenvalue weighted by Crippen LogP contribution is -2.24. The molecule has 9 heteroatoms. The summed E-state index contributed by atoms with van der Waals surface area (Å²) < 4.78 is 15.8. The van der Waals surface area contributed by atoms with Crippen molar-refractivity contribution in [1.82, 2.24) is 5.43 Å². The molecule has 0 aliphatic heterocycles. The van der Waals surface area contributed by atoms with E-state index in [-0.39, 0.29) is 6.61 Å². The van der Waals surface area contributed by atoms with Crippen LogP contribution in [-0.4, -0.2) is 31.8 Å². The summed E-state index contributed by atoms with van der Waals surface area (Å²) in [5.74, 6) is 0.328. The van der Waals surface area contributed by atoms with Crippen LogP contribution in [0.1, 0.15) is 15.9 Å². The number of esters is 1. The molecule has 0 spiro atoms. The van der Waals surface area contributed by atoms with Crippen LogP contribution >= 0.6 is 23.2 Å². The van der Waals surface area contributed by atoms with Crippen LogP contribution in [-0.2, 0) is 4.79 Å². The molecule has 3 aromatic rings. The molecule has 0 fully saturated rings. The van der Waals surface area contributed by atoms with Gasteiger partial charge in [0, 0.05) is 5.02 Å². The molecule has 0 aliphatic carbocycles.